The van der Waals surface area contributed by atoms with Crippen LogP contribution in [-0.4, -0.2) is 40.5 Å². The van der Waals surface area contributed by atoms with Crippen LogP contribution in [0.5, 0.6) is 11.6 Å². The molecule has 0 radical (unpaired) electrons. The molecule has 2 N–H and O–H groups in total. The molecule has 0 aliphatic carbocycles. The second kappa shape index (κ2) is 10.4. The summed E-state index contributed by atoms with van der Waals surface area (Å²) in [4.78, 5) is 16.9. The predicted molar refractivity (Wildman–Crippen MR) is 134 cm³/mol. The molecule has 4 rings (SSSR count). The standard InChI is InChI=1S/C26H21Cl2F5N2O4/c1-24(2)11-20(34-23(37)25(29,30)12-36)18-10-17(13-3-6-15(7-4-13)38-26(31,32)33)21(35-22(18)39-24)16-8-5-14(27)9-19(16)28/h3-10,20,36H,11-12H2,1-2H3,(H,34,37)/t20-/m1/s1. The summed E-state index contributed by atoms with van der Waals surface area (Å²) >= 11 is 12.5. The van der Waals surface area contributed by atoms with Gasteiger partial charge in [-0.15, -0.1) is 13.2 Å². The maximum Gasteiger partial charge on any atom is 0.573 e. The van der Waals surface area contributed by atoms with E-state index in [-0.39, 0.29) is 28.6 Å². The van der Waals surface area contributed by atoms with Gasteiger partial charge in [-0.1, -0.05) is 35.3 Å². The number of fused-ring (bicyclic) bond motifs is 1. The first-order valence-electron chi connectivity index (χ1n) is 11.4. The molecule has 1 aromatic heterocycles. The molecule has 1 aliphatic heterocycles. The summed E-state index contributed by atoms with van der Waals surface area (Å²) in [6.07, 6.45) is -4.81. The number of aliphatic hydroxyl groups is 1. The third kappa shape index (κ3) is 6.54. The molecule has 1 atom stereocenters. The van der Waals surface area contributed by atoms with Crippen LogP contribution in [0.25, 0.3) is 22.4 Å². The van der Waals surface area contributed by atoms with Gasteiger partial charge in [0.05, 0.1) is 16.8 Å². The molecule has 39 heavy (non-hydrogen) atoms. The summed E-state index contributed by atoms with van der Waals surface area (Å²) < 4.78 is 75.8. The van der Waals surface area contributed by atoms with Crippen molar-refractivity contribution in [2.45, 2.75) is 44.2 Å². The van der Waals surface area contributed by atoms with Gasteiger partial charge in [-0.3, -0.25) is 4.79 Å². The number of carbonyl (C=O) groups is 1. The number of nitrogens with zero attached hydrogens (tertiary/aromatic N) is 1. The van der Waals surface area contributed by atoms with Crippen molar-refractivity contribution in [1.29, 1.82) is 0 Å². The molecule has 0 bridgehead atoms. The van der Waals surface area contributed by atoms with Gasteiger partial charge in [0.2, 0.25) is 5.88 Å². The summed E-state index contributed by atoms with van der Waals surface area (Å²) in [5, 5.41) is 11.8. The number of amides is 1. The highest BCUT2D eigenvalue weighted by Crippen LogP contribution is 2.45. The van der Waals surface area contributed by atoms with E-state index in [9.17, 15) is 26.7 Å². The number of rotatable bonds is 6. The molecule has 3 aromatic rings. The zero-order valence-electron chi connectivity index (χ0n) is 20.4. The smallest absolute Gasteiger partial charge is 0.471 e. The maximum absolute atomic E-state index is 13.9. The zero-order valence-corrected chi connectivity index (χ0v) is 21.9. The van der Waals surface area contributed by atoms with E-state index < -0.39 is 42.2 Å². The summed E-state index contributed by atoms with van der Waals surface area (Å²) in [5.41, 5.74) is 0.726. The average Bonchev–Trinajstić information content (AvgIpc) is 2.82. The third-order valence-corrected chi connectivity index (χ3v) is 6.43. The number of aliphatic hydroxyl groups excluding tert-OH is 1. The number of benzene rings is 2. The van der Waals surface area contributed by atoms with Gasteiger partial charge in [0.1, 0.15) is 18.0 Å². The van der Waals surface area contributed by atoms with Crippen LogP contribution in [0.4, 0.5) is 22.0 Å². The number of halogens is 7. The van der Waals surface area contributed by atoms with Crippen LogP contribution in [0.1, 0.15) is 31.9 Å². The minimum Gasteiger partial charge on any atom is -0.471 e. The van der Waals surface area contributed by atoms with Gasteiger partial charge in [0.15, 0.2) is 0 Å². The number of ether oxygens (including phenoxy) is 2. The van der Waals surface area contributed by atoms with E-state index in [2.05, 4.69) is 15.0 Å². The summed E-state index contributed by atoms with van der Waals surface area (Å²) in [5.74, 6) is -6.13. The molecule has 1 aliphatic rings. The Hall–Kier alpha value is -3.15. The molecule has 13 heteroatoms. The predicted octanol–water partition coefficient (Wildman–Crippen LogP) is 6.97. The van der Waals surface area contributed by atoms with E-state index in [1.165, 1.54) is 18.2 Å². The maximum atomic E-state index is 13.9. The van der Waals surface area contributed by atoms with Gasteiger partial charge in [-0.2, -0.15) is 8.78 Å². The van der Waals surface area contributed by atoms with Crippen molar-refractivity contribution >= 4 is 29.1 Å². The molecule has 2 aromatic carbocycles. The lowest BCUT2D eigenvalue weighted by atomic mass is 9.88. The third-order valence-electron chi connectivity index (χ3n) is 5.88. The number of nitrogens with one attached hydrogen (secondary N) is 1. The van der Waals surface area contributed by atoms with E-state index in [0.29, 0.717) is 21.7 Å². The van der Waals surface area contributed by atoms with Crippen LogP contribution in [0.3, 0.4) is 0 Å². The lowest BCUT2D eigenvalue weighted by Gasteiger charge is -2.38. The summed E-state index contributed by atoms with van der Waals surface area (Å²) in [7, 11) is 0. The number of pyridine rings is 1. The monoisotopic (exact) mass is 590 g/mol. The van der Waals surface area contributed by atoms with Crippen molar-refractivity contribution in [1.82, 2.24) is 10.3 Å². The van der Waals surface area contributed by atoms with Gasteiger partial charge < -0.3 is 19.9 Å². The minimum absolute atomic E-state index is 0.0330. The normalized spacial score (nSPS) is 16.7. The number of alkyl halides is 5. The Morgan fingerprint density at radius 3 is 2.36 bits per heavy atom. The molecule has 0 saturated carbocycles. The first-order valence-corrected chi connectivity index (χ1v) is 12.2. The summed E-state index contributed by atoms with van der Waals surface area (Å²) in [6, 6.07) is 10.1. The molecule has 0 unspecified atom stereocenters. The van der Waals surface area contributed by atoms with E-state index in [4.69, 9.17) is 33.0 Å². The molecule has 0 fully saturated rings. The minimum atomic E-state index is -4.89. The number of hydrogen-bond acceptors (Lipinski definition) is 5. The molecular weight excluding hydrogens is 570 g/mol. The molecule has 2 heterocycles. The fourth-order valence-electron chi connectivity index (χ4n) is 4.16. The Morgan fingerprint density at radius 2 is 1.77 bits per heavy atom. The number of aromatic nitrogens is 1. The van der Waals surface area contributed by atoms with Crippen LogP contribution in [-0.2, 0) is 4.79 Å². The second-order valence-electron chi connectivity index (χ2n) is 9.43. The van der Waals surface area contributed by atoms with Crippen molar-refractivity contribution in [2.75, 3.05) is 6.61 Å². The Balaban J connectivity index is 1.89. The van der Waals surface area contributed by atoms with Crippen molar-refractivity contribution in [3.8, 4) is 34.0 Å². The molecule has 1 amide bonds. The van der Waals surface area contributed by atoms with Gasteiger partial charge in [0, 0.05) is 28.1 Å². The summed E-state index contributed by atoms with van der Waals surface area (Å²) in [6.45, 7) is 1.69. The van der Waals surface area contributed by atoms with Gasteiger partial charge >= 0.3 is 12.3 Å². The van der Waals surface area contributed by atoms with E-state index in [1.807, 2.05) is 0 Å². The molecule has 0 saturated heterocycles. The first kappa shape index (κ1) is 28.8. The van der Waals surface area contributed by atoms with Crippen molar-refractivity contribution in [3.63, 3.8) is 0 Å². The lowest BCUT2D eigenvalue weighted by molar-refractivity contribution is -0.274. The Bertz CT molecular complexity index is 1400. The van der Waals surface area contributed by atoms with Gasteiger partial charge in [-0.25, -0.2) is 4.98 Å². The van der Waals surface area contributed by atoms with Gasteiger partial charge in [-0.05, 0) is 55.8 Å². The Labute approximate surface area is 229 Å². The van der Waals surface area contributed by atoms with Crippen LogP contribution in [0.15, 0.2) is 48.5 Å². The number of hydrogen-bond donors (Lipinski definition) is 2. The van der Waals surface area contributed by atoms with Gasteiger partial charge in [0.25, 0.3) is 5.91 Å². The van der Waals surface area contributed by atoms with E-state index in [1.54, 1.807) is 32.0 Å². The highest BCUT2D eigenvalue weighted by molar-refractivity contribution is 6.36. The van der Waals surface area contributed by atoms with E-state index >= 15 is 0 Å². The highest BCUT2D eigenvalue weighted by atomic mass is 35.5. The van der Waals surface area contributed by atoms with Crippen LogP contribution < -0.4 is 14.8 Å². The largest absolute Gasteiger partial charge is 0.573 e. The van der Waals surface area contributed by atoms with Crippen molar-refractivity contribution in [2.24, 2.45) is 0 Å². The molecule has 208 valence electrons. The lowest BCUT2D eigenvalue weighted by Crippen LogP contribution is -2.48. The first-order chi connectivity index (χ1) is 18.1. The topological polar surface area (TPSA) is 80.7 Å². The van der Waals surface area contributed by atoms with Crippen molar-refractivity contribution < 1.29 is 41.3 Å². The number of carbonyl (C=O) groups excluding carboxylic acids is 1. The fourth-order valence-corrected chi connectivity index (χ4v) is 4.65. The van der Waals surface area contributed by atoms with Crippen molar-refractivity contribution in [3.05, 3.63) is 64.1 Å². The Kier molecular flexibility index (Phi) is 7.72. The zero-order chi connectivity index (χ0) is 28.8. The van der Waals surface area contributed by atoms with E-state index in [0.717, 1.165) is 12.1 Å². The molecular formula is C26H21Cl2F5N2O4. The quantitative estimate of drug-likeness (QED) is 0.303. The fraction of sp³-hybridized carbons (Fsp3) is 0.308. The SMILES string of the molecule is CC1(C)C[C@@H](NC(=O)C(F)(F)CO)c2cc(-c3ccc(OC(F)(F)F)cc3)c(-c3ccc(Cl)cc3Cl)nc2O1. The molecule has 6 nitrogen and oxygen atoms in total. The van der Waals surface area contributed by atoms with Crippen LogP contribution in [0, 0.1) is 0 Å². The molecule has 0 spiro atoms. The average molecular weight is 591 g/mol. The highest BCUT2D eigenvalue weighted by Gasteiger charge is 2.43. The van der Waals surface area contributed by atoms with Crippen LogP contribution >= 0.6 is 23.2 Å². The second-order valence-corrected chi connectivity index (χ2v) is 10.3. The Morgan fingerprint density at radius 1 is 1.10 bits per heavy atom. The van der Waals surface area contributed by atoms with Crippen LogP contribution in [0.2, 0.25) is 10.0 Å².